The Balaban J connectivity index is 2.03. The van der Waals surface area contributed by atoms with Crippen molar-refractivity contribution in [1.82, 2.24) is 14.9 Å². The van der Waals surface area contributed by atoms with E-state index < -0.39 is 0 Å². The Bertz CT molecular complexity index is 307. The van der Waals surface area contributed by atoms with Crippen LogP contribution in [0.5, 0.6) is 0 Å². The van der Waals surface area contributed by atoms with Crippen LogP contribution in [0.1, 0.15) is 64.5 Å². The smallest absolute Gasteiger partial charge is 0.0949 e. The van der Waals surface area contributed by atoms with Crippen molar-refractivity contribution < 1.29 is 0 Å². The van der Waals surface area contributed by atoms with E-state index in [0.29, 0.717) is 0 Å². The minimum Gasteiger partial charge on any atom is -0.337 e. The zero-order chi connectivity index (χ0) is 13.8. The summed E-state index contributed by atoms with van der Waals surface area (Å²) in [7, 11) is 0. The van der Waals surface area contributed by atoms with E-state index in [0.717, 1.165) is 26.1 Å². The number of aryl methyl sites for hydroxylation is 1. The van der Waals surface area contributed by atoms with Crippen LogP contribution >= 0.6 is 0 Å². The molecule has 1 N–H and O–H groups in total. The normalized spacial score (nSPS) is 11.1. The molecule has 0 spiro atoms. The fourth-order valence-electron chi connectivity index (χ4n) is 2.30. The molecule has 0 aliphatic heterocycles. The van der Waals surface area contributed by atoms with Gasteiger partial charge in [0, 0.05) is 25.7 Å². The lowest BCUT2D eigenvalue weighted by Crippen LogP contribution is -2.16. The molecule has 3 heteroatoms. The average molecular weight is 265 g/mol. The molecular formula is C16H31N3. The molecule has 0 radical (unpaired) electrons. The molecule has 19 heavy (non-hydrogen) atoms. The maximum atomic E-state index is 4.45. The van der Waals surface area contributed by atoms with Crippen molar-refractivity contribution in [2.75, 3.05) is 13.1 Å². The van der Waals surface area contributed by atoms with Gasteiger partial charge in [0.25, 0.3) is 0 Å². The summed E-state index contributed by atoms with van der Waals surface area (Å²) in [6.07, 6.45) is 14.8. The second-order valence-electron chi connectivity index (χ2n) is 5.33. The van der Waals surface area contributed by atoms with Crippen molar-refractivity contribution in [2.24, 2.45) is 0 Å². The Morgan fingerprint density at radius 2 is 1.79 bits per heavy atom. The molecule has 0 amide bonds. The number of unbranched alkanes of at least 4 members (excludes halogenated alkanes) is 6. The maximum Gasteiger partial charge on any atom is 0.0949 e. The van der Waals surface area contributed by atoms with E-state index in [1.54, 1.807) is 0 Å². The van der Waals surface area contributed by atoms with Gasteiger partial charge in [0.05, 0.1) is 12.0 Å². The third kappa shape index (κ3) is 8.04. The monoisotopic (exact) mass is 265 g/mol. The van der Waals surface area contributed by atoms with Gasteiger partial charge in [-0.15, -0.1) is 0 Å². The summed E-state index contributed by atoms with van der Waals surface area (Å²) >= 11 is 0. The van der Waals surface area contributed by atoms with Crippen LogP contribution in [0, 0.1) is 0 Å². The van der Waals surface area contributed by atoms with Gasteiger partial charge in [0.15, 0.2) is 0 Å². The van der Waals surface area contributed by atoms with Crippen LogP contribution in [0.2, 0.25) is 0 Å². The van der Waals surface area contributed by atoms with Gasteiger partial charge in [0.2, 0.25) is 0 Å². The number of nitrogens with one attached hydrogen (secondary N) is 1. The Kier molecular flexibility index (Phi) is 9.42. The van der Waals surface area contributed by atoms with Gasteiger partial charge in [0.1, 0.15) is 0 Å². The van der Waals surface area contributed by atoms with E-state index in [2.05, 4.69) is 34.9 Å². The van der Waals surface area contributed by atoms with Crippen LogP contribution in [0.3, 0.4) is 0 Å². The summed E-state index contributed by atoms with van der Waals surface area (Å²) in [5.74, 6) is 0. The van der Waals surface area contributed by atoms with E-state index in [1.165, 1.54) is 50.6 Å². The minimum atomic E-state index is 1.03. The third-order valence-electron chi connectivity index (χ3n) is 3.51. The number of imidazole rings is 1. The Morgan fingerprint density at radius 1 is 1.05 bits per heavy atom. The van der Waals surface area contributed by atoms with E-state index in [4.69, 9.17) is 0 Å². The van der Waals surface area contributed by atoms with Crippen molar-refractivity contribution in [3.05, 3.63) is 18.2 Å². The predicted octanol–water partition coefficient (Wildman–Crippen LogP) is 3.79. The molecule has 1 aromatic heterocycles. The van der Waals surface area contributed by atoms with E-state index >= 15 is 0 Å². The number of likely N-dealkylation sites (N-methyl/N-ethyl adjacent to an activating group) is 1. The van der Waals surface area contributed by atoms with Crippen LogP contribution in [-0.2, 0) is 13.0 Å². The lowest BCUT2D eigenvalue weighted by Gasteiger charge is -2.02. The molecule has 0 saturated heterocycles. The molecule has 0 saturated carbocycles. The van der Waals surface area contributed by atoms with Crippen LogP contribution in [0.4, 0.5) is 0 Å². The predicted molar refractivity (Wildman–Crippen MR) is 82.5 cm³/mol. The zero-order valence-corrected chi connectivity index (χ0v) is 12.8. The van der Waals surface area contributed by atoms with Crippen LogP contribution in [-0.4, -0.2) is 22.6 Å². The van der Waals surface area contributed by atoms with Gasteiger partial charge in [-0.05, 0) is 13.0 Å². The molecule has 110 valence electrons. The van der Waals surface area contributed by atoms with Crippen molar-refractivity contribution in [1.29, 1.82) is 0 Å². The molecular weight excluding hydrogens is 234 g/mol. The van der Waals surface area contributed by atoms with Gasteiger partial charge in [-0.25, -0.2) is 4.98 Å². The fraction of sp³-hybridized carbons (Fsp3) is 0.812. The van der Waals surface area contributed by atoms with E-state index in [1.807, 2.05) is 6.33 Å². The first-order valence-electron chi connectivity index (χ1n) is 8.08. The summed E-state index contributed by atoms with van der Waals surface area (Å²) in [6, 6.07) is 0. The minimum absolute atomic E-state index is 1.03. The third-order valence-corrected chi connectivity index (χ3v) is 3.51. The number of aromatic nitrogens is 2. The summed E-state index contributed by atoms with van der Waals surface area (Å²) < 4.78 is 2.24. The van der Waals surface area contributed by atoms with Crippen LogP contribution in [0.25, 0.3) is 0 Å². The molecule has 1 rings (SSSR count). The van der Waals surface area contributed by atoms with Gasteiger partial charge in [-0.2, -0.15) is 0 Å². The zero-order valence-electron chi connectivity index (χ0n) is 12.8. The summed E-state index contributed by atoms with van der Waals surface area (Å²) in [6.45, 7) is 7.61. The Morgan fingerprint density at radius 3 is 2.53 bits per heavy atom. The first-order valence-corrected chi connectivity index (χ1v) is 8.08. The number of rotatable bonds is 12. The number of hydrogen-bond acceptors (Lipinski definition) is 2. The SMILES string of the molecule is CCCCCCCCCn1cnc(CCNCC)c1. The Hall–Kier alpha value is -0.830. The second kappa shape index (κ2) is 11.0. The lowest BCUT2D eigenvalue weighted by molar-refractivity contribution is 0.549. The van der Waals surface area contributed by atoms with E-state index in [-0.39, 0.29) is 0 Å². The van der Waals surface area contributed by atoms with Crippen LogP contribution < -0.4 is 5.32 Å². The topological polar surface area (TPSA) is 29.9 Å². The molecule has 0 aromatic carbocycles. The second-order valence-corrected chi connectivity index (χ2v) is 5.33. The maximum absolute atomic E-state index is 4.45. The number of nitrogens with zero attached hydrogens (tertiary/aromatic N) is 2. The summed E-state index contributed by atoms with van der Waals surface area (Å²) in [5, 5.41) is 3.33. The average Bonchev–Trinajstić information content (AvgIpc) is 2.86. The quantitative estimate of drug-likeness (QED) is 0.583. The molecule has 0 atom stereocenters. The summed E-state index contributed by atoms with van der Waals surface area (Å²) in [5.41, 5.74) is 1.21. The van der Waals surface area contributed by atoms with E-state index in [9.17, 15) is 0 Å². The van der Waals surface area contributed by atoms with Crippen LogP contribution in [0.15, 0.2) is 12.5 Å². The van der Waals surface area contributed by atoms with Crippen molar-refractivity contribution in [2.45, 2.75) is 71.8 Å². The highest BCUT2D eigenvalue weighted by Crippen LogP contribution is 2.08. The number of hydrogen-bond donors (Lipinski definition) is 1. The first-order chi connectivity index (χ1) is 9.36. The molecule has 0 aliphatic carbocycles. The standard InChI is InChI=1S/C16H31N3/c1-3-5-6-7-8-9-10-13-19-14-16(18-15-19)11-12-17-4-2/h14-15,17H,3-13H2,1-2H3. The largest absolute Gasteiger partial charge is 0.337 e. The van der Waals surface area contributed by atoms with Gasteiger partial charge >= 0.3 is 0 Å². The highest BCUT2D eigenvalue weighted by Gasteiger charge is 1.98. The van der Waals surface area contributed by atoms with Gasteiger partial charge < -0.3 is 9.88 Å². The molecule has 0 aliphatic rings. The Labute approximate surface area is 118 Å². The van der Waals surface area contributed by atoms with Gasteiger partial charge in [-0.1, -0.05) is 52.4 Å². The van der Waals surface area contributed by atoms with Crippen molar-refractivity contribution in [3.8, 4) is 0 Å². The molecule has 0 fully saturated rings. The lowest BCUT2D eigenvalue weighted by atomic mass is 10.1. The fourth-order valence-corrected chi connectivity index (χ4v) is 2.30. The highest BCUT2D eigenvalue weighted by atomic mass is 15.0. The summed E-state index contributed by atoms with van der Waals surface area (Å²) in [4.78, 5) is 4.45. The molecule has 0 unspecified atom stereocenters. The first kappa shape index (κ1) is 16.2. The van der Waals surface area contributed by atoms with Gasteiger partial charge in [-0.3, -0.25) is 0 Å². The van der Waals surface area contributed by atoms with Crippen molar-refractivity contribution in [3.63, 3.8) is 0 Å². The molecule has 1 heterocycles. The molecule has 0 bridgehead atoms. The highest BCUT2D eigenvalue weighted by molar-refractivity contribution is 4.97. The molecule has 3 nitrogen and oxygen atoms in total. The van der Waals surface area contributed by atoms with Crippen molar-refractivity contribution >= 4 is 0 Å². The molecule has 1 aromatic rings.